The van der Waals surface area contributed by atoms with Crippen LogP contribution in [0.5, 0.6) is 5.75 Å². The van der Waals surface area contributed by atoms with E-state index in [1.54, 1.807) is 40.9 Å². The highest BCUT2D eigenvalue weighted by molar-refractivity contribution is 8.00. The molecule has 3 aliphatic heterocycles. The number of rotatable bonds is 8. The number of benzene rings is 2. The Morgan fingerprint density at radius 3 is 2.44 bits per heavy atom. The van der Waals surface area contributed by atoms with Crippen LogP contribution in [0.4, 0.5) is 5.69 Å². The molecule has 0 saturated carbocycles. The Balaban J connectivity index is 1.13. The van der Waals surface area contributed by atoms with Crippen molar-refractivity contribution in [2.24, 2.45) is 0 Å². The van der Waals surface area contributed by atoms with E-state index >= 15 is 0 Å². The molecule has 3 unspecified atom stereocenters. The number of fused-ring (bicyclic) bond motifs is 3. The van der Waals surface area contributed by atoms with E-state index in [0.717, 1.165) is 36.8 Å². The molecule has 9 nitrogen and oxygen atoms in total. The predicted octanol–water partition coefficient (Wildman–Crippen LogP) is 1.96. The molecule has 2 fully saturated rings. The zero-order valence-corrected chi connectivity index (χ0v) is 23.2. The van der Waals surface area contributed by atoms with Crippen LogP contribution in [0, 0.1) is 11.3 Å². The van der Waals surface area contributed by atoms with Gasteiger partial charge in [-0.05, 0) is 50.2 Å². The summed E-state index contributed by atoms with van der Waals surface area (Å²) in [4.78, 5) is 20.6. The van der Waals surface area contributed by atoms with Gasteiger partial charge in [-0.25, -0.2) is 0 Å². The van der Waals surface area contributed by atoms with Gasteiger partial charge in [-0.1, -0.05) is 12.1 Å². The summed E-state index contributed by atoms with van der Waals surface area (Å²) < 4.78 is 11.3. The first-order valence-electron chi connectivity index (χ1n) is 13.4. The average molecular weight is 553 g/mol. The number of anilines is 1. The minimum atomic E-state index is -1.08. The standard InChI is InChI=1S/C29H36N4O5S/c1-29(2)27(35)28(36)33(25-5-3-4-6-26(25)39-29)12-11-31-15-23-17-32(18-24(16-31)38-23)14-21(34)19-37-22-9-7-20(13-30)8-10-22/h3-10,21,23-24,27,34-35H,11-12,14-19H2,1-2H3/t21-,23?,24?,27?/m0/s1. The monoisotopic (exact) mass is 552 g/mol. The van der Waals surface area contributed by atoms with Crippen molar-refractivity contribution in [2.45, 2.75) is 47.9 Å². The molecule has 3 heterocycles. The van der Waals surface area contributed by atoms with Crippen LogP contribution >= 0.6 is 11.8 Å². The van der Waals surface area contributed by atoms with Gasteiger partial charge in [0.2, 0.25) is 0 Å². The normalized spacial score (nSPS) is 25.9. The highest BCUT2D eigenvalue weighted by atomic mass is 32.2. The number of nitrogens with zero attached hydrogens (tertiary/aromatic N) is 4. The number of para-hydroxylation sites is 1. The van der Waals surface area contributed by atoms with Crippen LogP contribution in [0.15, 0.2) is 53.4 Å². The molecule has 3 aliphatic rings. The molecule has 208 valence electrons. The van der Waals surface area contributed by atoms with Gasteiger partial charge in [-0.3, -0.25) is 14.6 Å². The number of aliphatic hydroxyl groups is 2. The molecule has 4 atom stereocenters. The van der Waals surface area contributed by atoms with Crippen LogP contribution in [-0.2, 0) is 9.53 Å². The first-order chi connectivity index (χ1) is 18.7. The van der Waals surface area contributed by atoms with E-state index in [1.807, 2.05) is 38.1 Å². The zero-order valence-electron chi connectivity index (χ0n) is 22.4. The third kappa shape index (κ3) is 6.57. The van der Waals surface area contributed by atoms with Crippen LogP contribution in [0.2, 0.25) is 0 Å². The van der Waals surface area contributed by atoms with Gasteiger partial charge in [0, 0.05) is 50.7 Å². The average Bonchev–Trinajstić information content (AvgIpc) is 2.98. The number of thioether (sulfide) groups is 1. The Labute approximate surface area is 233 Å². The lowest BCUT2D eigenvalue weighted by atomic mass is 10.0. The molecule has 0 aromatic heterocycles. The Hall–Kier alpha value is -2.65. The third-order valence-electron chi connectivity index (χ3n) is 7.45. The van der Waals surface area contributed by atoms with Crippen LogP contribution in [0.25, 0.3) is 0 Å². The van der Waals surface area contributed by atoms with E-state index in [2.05, 4.69) is 15.9 Å². The van der Waals surface area contributed by atoms with E-state index in [0.29, 0.717) is 30.9 Å². The molecule has 2 bridgehead atoms. The van der Waals surface area contributed by atoms with Gasteiger partial charge in [0.05, 0.1) is 34.3 Å². The number of nitriles is 1. The SMILES string of the molecule is CC1(C)Sc2ccccc2N(CCN2CC3CN(C[C@H](O)COc4ccc(C#N)cc4)CC(C2)O3)C(=O)C1O. The number of carbonyl (C=O) groups is 1. The second kappa shape index (κ2) is 11.8. The van der Waals surface area contributed by atoms with E-state index < -0.39 is 17.0 Å². The van der Waals surface area contributed by atoms with Crippen molar-refractivity contribution in [1.29, 1.82) is 5.26 Å². The molecule has 5 rings (SSSR count). The van der Waals surface area contributed by atoms with Gasteiger partial charge in [0.15, 0.2) is 0 Å². The second-order valence-corrected chi connectivity index (χ2v) is 12.7. The molecule has 2 aromatic rings. The minimum absolute atomic E-state index is 0.0244. The topological polar surface area (TPSA) is 110 Å². The lowest BCUT2D eigenvalue weighted by Crippen LogP contribution is -2.61. The number of ether oxygens (including phenoxy) is 2. The van der Waals surface area contributed by atoms with Crippen molar-refractivity contribution in [3.8, 4) is 11.8 Å². The Kier molecular flexibility index (Phi) is 8.47. The van der Waals surface area contributed by atoms with Crippen molar-refractivity contribution in [3.63, 3.8) is 0 Å². The van der Waals surface area contributed by atoms with Gasteiger partial charge < -0.3 is 24.6 Å². The molecule has 0 aliphatic carbocycles. The second-order valence-electron chi connectivity index (χ2n) is 11.0. The molecular formula is C29H36N4O5S. The molecule has 2 aromatic carbocycles. The Morgan fingerprint density at radius 1 is 1.08 bits per heavy atom. The van der Waals surface area contributed by atoms with Crippen molar-refractivity contribution in [2.75, 3.05) is 57.3 Å². The lowest BCUT2D eigenvalue weighted by molar-refractivity contribution is -0.143. The quantitative estimate of drug-likeness (QED) is 0.508. The number of hydrogen-bond acceptors (Lipinski definition) is 9. The fraction of sp³-hybridized carbons (Fsp3) is 0.517. The first-order valence-corrected chi connectivity index (χ1v) is 14.2. The highest BCUT2D eigenvalue weighted by Gasteiger charge is 2.42. The van der Waals surface area contributed by atoms with E-state index in [1.165, 1.54) is 0 Å². The van der Waals surface area contributed by atoms with Crippen molar-refractivity contribution >= 4 is 23.4 Å². The summed E-state index contributed by atoms with van der Waals surface area (Å²) in [5.41, 5.74) is 1.43. The van der Waals surface area contributed by atoms with E-state index in [4.69, 9.17) is 14.7 Å². The maximum atomic E-state index is 13.3. The number of morpholine rings is 2. The molecule has 2 saturated heterocycles. The lowest BCUT2D eigenvalue weighted by Gasteiger charge is -2.46. The predicted molar refractivity (Wildman–Crippen MR) is 149 cm³/mol. The molecular weight excluding hydrogens is 516 g/mol. The summed E-state index contributed by atoms with van der Waals surface area (Å²) in [6.45, 7) is 8.61. The summed E-state index contributed by atoms with van der Waals surface area (Å²) in [5.74, 6) is 0.372. The van der Waals surface area contributed by atoms with Gasteiger partial charge in [-0.15, -0.1) is 11.8 Å². The number of β-amino-alcohol motifs (C(OH)–C–C–N with tert-alkyl or cyclic N) is 1. The van der Waals surface area contributed by atoms with Crippen molar-refractivity contribution < 1.29 is 24.5 Å². The highest BCUT2D eigenvalue weighted by Crippen LogP contribution is 2.44. The van der Waals surface area contributed by atoms with Crippen LogP contribution in [-0.4, -0.2) is 108 Å². The number of aliphatic hydroxyl groups excluding tert-OH is 2. The third-order valence-corrected chi connectivity index (χ3v) is 8.77. The minimum Gasteiger partial charge on any atom is -0.491 e. The maximum absolute atomic E-state index is 13.3. The van der Waals surface area contributed by atoms with Gasteiger partial charge in [-0.2, -0.15) is 5.26 Å². The van der Waals surface area contributed by atoms with Crippen LogP contribution < -0.4 is 9.64 Å². The fourth-order valence-electron chi connectivity index (χ4n) is 5.50. The Bertz CT molecular complexity index is 1190. The summed E-state index contributed by atoms with van der Waals surface area (Å²) in [6, 6.07) is 16.8. The Morgan fingerprint density at radius 2 is 1.74 bits per heavy atom. The van der Waals surface area contributed by atoms with E-state index in [9.17, 15) is 15.0 Å². The molecule has 0 radical (unpaired) electrons. The van der Waals surface area contributed by atoms with Gasteiger partial charge in [0.1, 0.15) is 24.6 Å². The largest absolute Gasteiger partial charge is 0.491 e. The fourth-order valence-corrected chi connectivity index (χ4v) is 6.71. The first kappa shape index (κ1) is 27.9. The number of amides is 1. The van der Waals surface area contributed by atoms with E-state index in [-0.39, 0.29) is 24.7 Å². The number of carbonyl (C=O) groups excluding carboxylic acids is 1. The molecule has 1 amide bonds. The summed E-state index contributed by atoms with van der Waals surface area (Å²) in [6.07, 6.45) is -1.68. The van der Waals surface area contributed by atoms with Gasteiger partial charge in [0.25, 0.3) is 5.91 Å². The molecule has 0 spiro atoms. The summed E-state index contributed by atoms with van der Waals surface area (Å²) in [7, 11) is 0. The molecule has 10 heteroatoms. The maximum Gasteiger partial charge on any atom is 0.257 e. The van der Waals surface area contributed by atoms with Gasteiger partial charge >= 0.3 is 0 Å². The number of hydrogen-bond donors (Lipinski definition) is 2. The van der Waals surface area contributed by atoms with Crippen LogP contribution in [0.1, 0.15) is 19.4 Å². The summed E-state index contributed by atoms with van der Waals surface area (Å²) >= 11 is 1.54. The molecule has 39 heavy (non-hydrogen) atoms. The summed E-state index contributed by atoms with van der Waals surface area (Å²) in [5, 5.41) is 30.3. The zero-order chi connectivity index (χ0) is 27.6. The molecule has 2 N–H and O–H groups in total. The van der Waals surface area contributed by atoms with Crippen molar-refractivity contribution in [1.82, 2.24) is 9.80 Å². The van der Waals surface area contributed by atoms with Crippen LogP contribution in [0.3, 0.4) is 0 Å². The van der Waals surface area contributed by atoms with Crippen molar-refractivity contribution in [3.05, 3.63) is 54.1 Å². The smallest absolute Gasteiger partial charge is 0.257 e.